The highest BCUT2D eigenvalue weighted by Crippen LogP contribution is 2.26. The molecule has 2 N–H and O–H groups in total. The predicted octanol–water partition coefficient (Wildman–Crippen LogP) is 5.53. The molecular weight excluding hydrogens is 301 g/mol. The van der Waals surface area contributed by atoms with Gasteiger partial charge >= 0.3 is 0 Å². The summed E-state index contributed by atoms with van der Waals surface area (Å²) in [6.45, 7) is 6.63. The lowest BCUT2D eigenvalue weighted by atomic mass is 9.86. The Morgan fingerprint density at radius 1 is 0.952 bits per heavy atom. The van der Waals surface area contributed by atoms with Gasteiger partial charge in [0.05, 0.1) is 0 Å². The van der Waals surface area contributed by atoms with E-state index in [4.69, 9.17) is 28.9 Å². The first-order valence-electron chi connectivity index (χ1n) is 7.07. The highest BCUT2D eigenvalue weighted by Gasteiger charge is 2.14. The van der Waals surface area contributed by atoms with Gasteiger partial charge < -0.3 is 5.73 Å². The summed E-state index contributed by atoms with van der Waals surface area (Å²) in [7, 11) is 0. The van der Waals surface area contributed by atoms with Crippen molar-refractivity contribution in [2.75, 3.05) is 0 Å². The van der Waals surface area contributed by atoms with Crippen molar-refractivity contribution < 1.29 is 0 Å². The van der Waals surface area contributed by atoms with Gasteiger partial charge in [-0.05, 0) is 46.7 Å². The van der Waals surface area contributed by atoms with E-state index in [-0.39, 0.29) is 11.5 Å². The molecule has 1 atom stereocenters. The molecule has 112 valence electrons. The van der Waals surface area contributed by atoms with Crippen molar-refractivity contribution in [1.29, 1.82) is 0 Å². The van der Waals surface area contributed by atoms with Gasteiger partial charge in [0.15, 0.2) is 0 Å². The Bertz CT molecular complexity index is 592. The minimum atomic E-state index is -0.110. The Labute approximate surface area is 137 Å². The van der Waals surface area contributed by atoms with Gasteiger partial charge in [0.25, 0.3) is 0 Å². The van der Waals surface area contributed by atoms with Crippen LogP contribution in [0.2, 0.25) is 10.0 Å². The third-order valence-corrected chi connectivity index (χ3v) is 4.03. The van der Waals surface area contributed by atoms with Crippen LogP contribution in [0.1, 0.15) is 43.5 Å². The minimum Gasteiger partial charge on any atom is -0.324 e. The van der Waals surface area contributed by atoms with E-state index in [1.54, 1.807) is 6.07 Å². The van der Waals surface area contributed by atoms with Crippen molar-refractivity contribution in [3.8, 4) is 0 Å². The van der Waals surface area contributed by atoms with E-state index in [1.165, 1.54) is 11.1 Å². The van der Waals surface area contributed by atoms with E-state index in [1.807, 2.05) is 12.1 Å². The molecule has 21 heavy (non-hydrogen) atoms. The van der Waals surface area contributed by atoms with Crippen LogP contribution < -0.4 is 5.73 Å². The van der Waals surface area contributed by atoms with E-state index < -0.39 is 0 Å². The van der Waals surface area contributed by atoms with E-state index in [0.717, 1.165) is 12.0 Å². The van der Waals surface area contributed by atoms with Gasteiger partial charge in [0.1, 0.15) is 0 Å². The highest BCUT2D eigenvalue weighted by atomic mass is 35.5. The molecule has 2 aromatic carbocycles. The number of rotatable bonds is 3. The Kier molecular flexibility index (Phi) is 4.98. The zero-order chi connectivity index (χ0) is 15.6. The van der Waals surface area contributed by atoms with E-state index in [9.17, 15) is 0 Å². The Morgan fingerprint density at radius 3 is 1.95 bits per heavy atom. The van der Waals surface area contributed by atoms with Gasteiger partial charge in [-0.3, -0.25) is 0 Å². The summed E-state index contributed by atoms with van der Waals surface area (Å²) in [6, 6.07) is 14.0. The van der Waals surface area contributed by atoms with Crippen LogP contribution in [0.4, 0.5) is 0 Å². The maximum absolute atomic E-state index is 6.27. The molecule has 0 aliphatic heterocycles. The van der Waals surface area contributed by atoms with Crippen molar-refractivity contribution in [1.82, 2.24) is 0 Å². The fourth-order valence-corrected chi connectivity index (χ4v) is 2.84. The average molecular weight is 322 g/mol. The molecule has 0 fully saturated rings. The molecule has 1 unspecified atom stereocenters. The van der Waals surface area contributed by atoms with Crippen LogP contribution in [0.15, 0.2) is 42.5 Å². The zero-order valence-electron chi connectivity index (χ0n) is 12.7. The van der Waals surface area contributed by atoms with Crippen LogP contribution in [-0.2, 0) is 11.8 Å². The first-order chi connectivity index (χ1) is 9.75. The summed E-state index contributed by atoms with van der Waals surface area (Å²) in [5, 5.41) is 1.24. The summed E-state index contributed by atoms with van der Waals surface area (Å²) in [5.74, 6) is 0. The molecule has 0 heterocycles. The molecule has 2 aromatic rings. The van der Waals surface area contributed by atoms with Crippen molar-refractivity contribution in [2.24, 2.45) is 5.73 Å². The molecule has 0 aromatic heterocycles. The zero-order valence-corrected chi connectivity index (χ0v) is 14.2. The van der Waals surface area contributed by atoms with E-state index in [2.05, 4.69) is 45.0 Å². The minimum absolute atomic E-state index is 0.110. The summed E-state index contributed by atoms with van der Waals surface area (Å²) < 4.78 is 0. The van der Waals surface area contributed by atoms with Gasteiger partial charge in [-0.15, -0.1) is 0 Å². The second-order valence-electron chi connectivity index (χ2n) is 6.46. The second kappa shape index (κ2) is 6.39. The largest absolute Gasteiger partial charge is 0.324 e. The van der Waals surface area contributed by atoms with Crippen LogP contribution in [0, 0.1) is 0 Å². The van der Waals surface area contributed by atoms with Crippen molar-refractivity contribution in [3.05, 3.63) is 69.2 Å². The molecule has 0 saturated heterocycles. The van der Waals surface area contributed by atoms with Crippen LogP contribution in [-0.4, -0.2) is 0 Å². The van der Waals surface area contributed by atoms with Crippen LogP contribution >= 0.6 is 23.2 Å². The predicted molar refractivity (Wildman–Crippen MR) is 92.2 cm³/mol. The Balaban J connectivity index is 2.14. The summed E-state index contributed by atoms with van der Waals surface area (Å²) in [6.07, 6.45) is 0.765. The van der Waals surface area contributed by atoms with Crippen LogP contribution in [0.25, 0.3) is 0 Å². The molecule has 0 amide bonds. The van der Waals surface area contributed by atoms with Crippen LogP contribution in [0.5, 0.6) is 0 Å². The number of hydrogen-bond acceptors (Lipinski definition) is 1. The van der Waals surface area contributed by atoms with Gasteiger partial charge in [-0.25, -0.2) is 0 Å². The molecular formula is C18H21Cl2N. The number of hydrogen-bond donors (Lipinski definition) is 1. The molecule has 0 aliphatic rings. The first-order valence-corrected chi connectivity index (χ1v) is 7.82. The van der Waals surface area contributed by atoms with Gasteiger partial charge in [-0.1, -0.05) is 68.2 Å². The second-order valence-corrected chi connectivity index (χ2v) is 7.33. The number of halogens is 2. The molecule has 1 nitrogen and oxygen atoms in total. The smallest absolute Gasteiger partial charge is 0.0424 e. The fourth-order valence-electron chi connectivity index (χ4n) is 2.30. The monoisotopic (exact) mass is 321 g/mol. The number of benzene rings is 2. The molecule has 0 aliphatic carbocycles. The van der Waals surface area contributed by atoms with Crippen LogP contribution in [0.3, 0.4) is 0 Å². The fraction of sp³-hybridized carbons (Fsp3) is 0.333. The van der Waals surface area contributed by atoms with Gasteiger partial charge in [0.2, 0.25) is 0 Å². The third-order valence-electron chi connectivity index (χ3n) is 3.59. The highest BCUT2D eigenvalue weighted by molar-refractivity contribution is 6.34. The van der Waals surface area contributed by atoms with Crippen molar-refractivity contribution >= 4 is 23.2 Å². The Morgan fingerprint density at radius 2 is 1.48 bits per heavy atom. The van der Waals surface area contributed by atoms with Crippen molar-refractivity contribution in [2.45, 2.75) is 38.6 Å². The first kappa shape index (κ1) is 16.4. The standard InChI is InChI=1S/C18H21Cl2N/c1-18(2,3)14-6-4-12(5-7-14)8-17(21)13-9-15(19)11-16(20)10-13/h4-7,9-11,17H,8,21H2,1-3H3. The summed E-state index contributed by atoms with van der Waals surface area (Å²) in [5.41, 5.74) is 9.94. The molecule has 2 rings (SSSR count). The lowest BCUT2D eigenvalue weighted by Crippen LogP contribution is -2.14. The quantitative estimate of drug-likeness (QED) is 0.789. The Hall–Kier alpha value is -1.02. The maximum Gasteiger partial charge on any atom is 0.0424 e. The normalized spacial score (nSPS) is 13.2. The van der Waals surface area contributed by atoms with Gasteiger partial charge in [0, 0.05) is 16.1 Å². The molecule has 0 radical (unpaired) electrons. The lowest BCUT2D eigenvalue weighted by molar-refractivity contribution is 0.589. The third kappa shape index (κ3) is 4.47. The molecule has 3 heteroatoms. The van der Waals surface area contributed by atoms with E-state index >= 15 is 0 Å². The molecule has 0 bridgehead atoms. The maximum atomic E-state index is 6.27. The van der Waals surface area contributed by atoms with Gasteiger partial charge in [-0.2, -0.15) is 0 Å². The van der Waals surface area contributed by atoms with E-state index in [0.29, 0.717) is 10.0 Å². The molecule has 0 saturated carbocycles. The summed E-state index contributed by atoms with van der Waals surface area (Å²) >= 11 is 12.1. The number of nitrogens with two attached hydrogens (primary N) is 1. The molecule has 0 spiro atoms. The van der Waals surface area contributed by atoms with Crippen molar-refractivity contribution in [3.63, 3.8) is 0 Å². The average Bonchev–Trinajstić information content (AvgIpc) is 2.37. The lowest BCUT2D eigenvalue weighted by Gasteiger charge is -2.20. The topological polar surface area (TPSA) is 26.0 Å². The SMILES string of the molecule is CC(C)(C)c1ccc(CC(N)c2cc(Cl)cc(Cl)c2)cc1. The summed E-state index contributed by atoms with van der Waals surface area (Å²) in [4.78, 5) is 0.